The van der Waals surface area contributed by atoms with Gasteiger partial charge in [0.1, 0.15) is 0 Å². The lowest BCUT2D eigenvalue weighted by Crippen LogP contribution is -2.31. The Labute approximate surface area is 120 Å². The molecule has 0 amide bonds. The third-order valence-electron chi connectivity index (χ3n) is 4.79. The van der Waals surface area contributed by atoms with Crippen LogP contribution in [0.4, 0.5) is 0 Å². The first-order chi connectivity index (χ1) is 9.74. The quantitative estimate of drug-likeness (QED) is 0.890. The molecule has 0 saturated heterocycles. The molecule has 1 aliphatic heterocycles. The van der Waals surface area contributed by atoms with E-state index in [4.69, 9.17) is 5.11 Å². The molecule has 3 rings (SSSR count). The van der Waals surface area contributed by atoms with E-state index in [-0.39, 0.29) is 0 Å². The predicted molar refractivity (Wildman–Crippen MR) is 78.8 cm³/mol. The van der Waals surface area contributed by atoms with Crippen LogP contribution in [-0.2, 0) is 13.1 Å². The number of carboxylic acid groups (broad SMARTS) is 1. The molecule has 1 N–H and O–H groups in total. The maximum absolute atomic E-state index is 11.1. The van der Waals surface area contributed by atoms with Gasteiger partial charge in [0, 0.05) is 19.1 Å². The van der Waals surface area contributed by atoms with Gasteiger partial charge in [-0.1, -0.05) is 38.2 Å². The fourth-order valence-corrected chi connectivity index (χ4v) is 3.61. The second kappa shape index (κ2) is 5.96. The first-order valence-corrected chi connectivity index (χ1v) is 7.83. The highest BCUT2D eigenvalue weighted by Gasteiger charge is 2.26. The molecule has 1 fully saturated rings. The zero-order chi connectivity index (χ0) is 13.9. The zero-order valence-corrected chi connectivity index (χ0v) is 12.0. The molecule has 20 heavy (non-hydrogen) atoms. The molecule has 108 valence electrons. The van der Waals surface area contributed by atoms with Crippen LogP contribution in [0.25, 0.3) is 0 Å². The Morgan fingerprint density at radius 1 is 1.00 bits per heavy atom. The normalized spacial score (nSPS) is 21.2. The molecule has 0 aromatic heterocycles. The number of hydrogen-bond donors (Lipinski definition) is 1. The van der Waals surface area contributed by atoms with Crippen LogP contribution in [0.3, 0.4) is 0 Å². The van der Waals surface area contributed by atoms with Gasteiger partial charge in [0.05, 0.1) is 5.56 Å². The van der Waals surface area contributed by atoms with Gasteiger partial charge in [0.2, 0.25) is 0 Å². The van der Waals surface area contributed by atoms with Gasteiger partial charge in [0.15, 0.2) is 0 Å². The van der Waals surface area contributed by atoms with Crippen LogP contribution in [0.15, 0.2) is 18.2 Å². The van der Waals surface area contributed by atoms with Crippen molar-refractivity contribution in [3.63, 3.8) is 0 Å². The van der Waals surface area contributed by atoms with Crippen LogP contribution in [0.2, 0.25) is 0 Å². The van der Waals surface area contributed by atoms with Crippen molar-refractivity contribution in [3.8, 4) is 0 Å². The molecule has 3 nitrogen and oxygen atoms in total. The van der Waals surface area contributed by atoms with Crippen LogP contribution in [0.5, 0.6) is 0 Å². The summed E-state index contributed by atoms with van der Waals surface area (Å²) in [5, 5.41) is 9.09. The molecule has 0 radical (unpaired) electrons. The van der Waals surface area contributed by atoms with Gasteiger partial charge >= 0.3 is 5.97 Å². The second-order valence-electron chi connectivity index (χ2n) is 6.19. The minimum absolute atomic E-state index is 0.420. The predicted octanol–water partition coefficient (Wildman–Crippen LogP) is 3.81. The van der Waals surface area contributed by atoms with Gasteiger partial charge in [-0.05, 0) is 36.1 Å². The summed E-state index contributed by atoms with van der Waals surface area (Å²) in [6, 6.07) is 6.29. The highest BCUT2D eigenvalue weighted by molar-refractivity contribution is 5.87. The van der Waals surface area contributed by atoms with E-state index in [1.165, 1.54) is 56.1 Å². The van der Waals surface area contributed by atoms with Crippen molar-refractivity contribution in [2.45, 2.75) is 64.1 Å². The van der Waals surface area contributed by atoms with Crippen molar-refractivity contribution in [2.24, 2.45) is 0 Å². The molecule has 0 unspecified atom stereocenters. The topological polar surface area (TPSA) is 40.5 Å². The number of aromatic carboxylic acids is 1. The standard InChI is InChI=1S/C17H23NO2/c19-17(20)13-8-9-14-11-18(12-15(14)10-13)16-6-4-2-1-3-5-7-16/h8-10,16H,1-7,11-12H2,(H,19,20). The van der Waals surface area contributed by atoms with Gasteiger partial charge in [-0.15, -0.1) is 0 Å². The molecule has 0 spiro atoms. The molecule has 1 aromatic rings. The molecule has 0 atom stereocenters. The van der Waals surface area contributed by atoms with E-state index in [0.717, 1.165) is 13.1 Å². The number of hydrogen-bond acceptors (Lipinski definition) is 2. The van der Waals surface area contributed by atoms with Crippen LogP contribution in [-0.4, -0.2) is 22.0 Å². The number of fused-ring (bicyclic) bond motifs is 1. The third-order valence-corrected chi connectivity index (χ3v) is 4.79. The van der Waals surface area contributed by atoms with Crippen molar-refractivity contribution >= 4 is 5.97 Å². The number of rotatable bonds is 2. The number of benzene rings is 1. The summed E-state index contributed by atoms with van der Waals surface area (Å²) in [4.78, 5) is 13.6. The summed E-state index contributed by atoms with van der Waals surface area (Å²) in [6.07, 6.45) is 9.45. The Morgan fingerprint density at radius 2 is 1.65 bits per heavy atom. The van der Waals surface area contributed by atoms with Crippen molar-refractivity contribution in [3.05, 3.63) is 34.9 Å². The van der Waals surface area contributed by atoms with Crippen LogP contribution in [0.1, 0.15) is 66.4 Å². The molecule has 1 aromatic carbocycles. The van der Waals surface area contributed by atoms with E-state index >= 15 is 0 Å². The van der Waals surface area contributed by atoms with Gasteiger partial charge < -0.3 is 5.11 Å². The van der Waals surface area contributed by atoms with Gasteiger partial charge in [-0.3, -0.25) is 4.90 Å². The maximum atomic E-state index is 11.1. The Hall–Kier alpha value is -1.35. The van der Waals surface area contributed by atoms with E-state index in [1.807, 2.05) is 12.1 Å². The average Bonchev–Trinajstić information content (AvgIpc) is 2.80. The van der Waals surface area contributed by atoms with Crippen LogP contribution >= 0.6 is 0 Å². The first-order valence-electron chi connectivity index (χ1n) is 7.83. The summed E-state index contributed by atoms with van der Waals surface area (Å²) < 4.78 is 0. The van der Waals surface area contributed by atoms with Gasteiger partial charge in [-0.25, -0.2) is 4.79 Å². The fraction of sp³-hybridized carbons (Fsp3) is 0.588. The minimum atomic E-state index is -0.822. The first kappa shape index (κ1) is 13.6. The zero-order valence-electron chi connectivity index (χ0n) is 12.0. The monoisotopic (exact) mass is 273 g/mol. The molecule has 1 aliphatic carbocycles. The van der Waals surface area contributed by atoms with E-state index in [9.17, 15) is 4.79 Å². The van der Waals surface area contributed by atoms with Gasteiger partial charge in [-0.2, -0.15) is 0 Å². The molecular weight excluding hydrogens is 250 g/mol. The lowest BCUT2D eigenvalue weighted by atomic mass is 9.96. The van der Waals surface area contributed by atoms with Crippen LogP contribution < -0.4 is 0 Å². The molecule has 0 bridgehead atoms. The van der Waals surface area contributed by atoms with Crippen LogP contribution in [0, 0.1) is 0 Å². The maximum Gasteiger partial charge on any atom is 0.335 e. The van der Waals surface area contributed by atoms with Crippen molar-refractivity contribution in [1.29, 1.82) is 0 Å². The van der Waals surface area contributed by atoms with E-state index < -0.39 is 5.97 Å². The Balaban J connectivity index is 1.70. The lowest BCUT2D eigenvalue weighted by Gasteiger charge is -2.29. The molecular formula is C17H23NO2. The summed E-state index contributed by atoms with van der Waals surface area (Å²) in [7, 11) is 0. The highest BCUT2D eigenvalue weighted by atomic mass is 16.4. The number of carboxylic acids is 1. The minimum Gasteiger partial charge on any atom is -0.478 e. The Kier molecular flexibility index (Phi) is 4.06. The van der Waals surface area contributed by atoms with E-state index in [1.54, 1.807) is 6.07 Å². The highest BCUT2D eigenvalue weighted by Crippen LogP contribution is 2.30. The lowest BCUT2D eigenvalue weighted by molar-refractivity contribution is 0.0696. The summed E-state index contributed by atoms with van der Waals surface area (Å²) in [6.45, 7) is 1.93. The smallest absolute Gasteiger partial charge is 0.335 e. The summed E-state index contributed by atoms with van der Waals surface area (Å²) in [5.41, 5.74) is 2.95. The molecule has 1 heterocycles. The number of nitrogens with zero attached hydrogens (tertiary/aromatic N) is 1. The summed E-state index contributed by atoms with van der Waals surface area (Å²) in [5.74, 6) is -0.822. The van der Waals surface area contributed by atoms with E-state index in [2.05, 4.69) is 4.90 Å². The second-order valence-corrected chi connectivity index (χ2v) is 6.19. The summed E-state index contributed by atoms with van der Waals surface area (Å²) >= 11 is 0. The number of carbonyl (C=O) groups is 1. The Bertz CT molecular complexity index is 490. The molecule has 1 saturated carbocycles. The SMILES string of the molecule is O=C(O)c1ccc2c(c1)CN(C1CCCCCCC1)C2. The average molecular weight is 273 g/mol. The van der Waals surface area contributed by atoms with Crippen molar-refractivity contribution in [2.75, 3.05) is 0 Å². The third kappa shape index (κ3) is 2.88. The largest absolute Gasteiger partial charge is 0.478 e. The van der Waals surface area contributed by atoms with E-state index in [0.29, 0.717) is 11.6 Å². The van der Waals surface area contributed by atoms with Crippen molar-refractivity contribution < 1.29 is 9.90 Å². The fourth-order valence-electron chi connectivity index (χ4n) is 3.61. The van der Waals surface area contributed by atoms with Gasteiger partial charge in [0.25, 0.3) is 0 Å². The Morgan fingerprint density at radius 3 is 2.35 bits per heavy atom. The molecule has 2 aliphatic rings. The molecule has 3 heteroatoms. The van der Waals surface area contributed by atoms with Crippen molar-refractivity contribution in [1.82, 2.24) is 4.90 Å².